The highest BCUT2D eigenvalue weighted by Crippen LogP contribution is 2.34. The zero-order valence-electron chi connectivity index (χ0n) is 19.7. The molecule has 8 heteroatoms. The number of ketones is 1. The Morgan fingerprint density at radius 3 is 2.49 bits per heavy atom. The van der Waals surface area contributed by atoms with E-state index < -0.39 is 17.6 Å². The van der Waals surface area contributed by atoms with Crippen LogP contribution in [0.5, 0.6) is 0 Å². The molecule has 0 spiro atoms. The number of aromatic nitrogens is 3. The smallest absolute Gasteiger partial charge is 0.248 e. The quantitative estimate of drug-likeness (QED) is 0.307. The largest absolute Gasteiger partial charge is 0.322 e. The summed E-state index contributed by atoms with van der Waals surface area (Å²) in [7, 11) is 0. The molecule has 186 valence electrons. The molecule has 1 unspecified atom stereocenters. The van der Waals surface area contributed by atoms with Crippen LogP contribution in [0, 0.1) is 11.6 Å². The molecule has 2 aromatic carbocycles. The number of nitrogens with one attached hydrogen (secondary N) is 1. The molecule has 0 bridgehead atoms. The van der Waals surface area contributed by atoms with Crippen molar-refractivity contribution in [3.8, 4) is 11.3 Å². The lowest BCUT2D eigenvalue weighted by Crippen LogP contribution is -2.14. The number of hydrogen-bond donors (Lipinski definition) is 1. The number of carbonyl (C=O) groups excluding carboxylic acids is 1. The number of carbonyl (C=O) groups is 1. The van der Waals surface area contributed by atoms with Crippen LogP contribution in [-0.4, -0.2) is 20.7 Å². The van der Waals surface area contributed by atoms with Gasteiger partial charge in [0.05, 0.1) is 11.4 Å². The van der Waals surface area contributed by atoms with Gasteiger partial charge in [-0.25, -0.2) is 8.78 Å². The number of halogens is 3. The summed E-state index contributed by atoms with van der Waals surface area (Å²) in [5.74, 6) is -1.95. The van der Waals surface area contributed by atoms with Crippen LogP contribution >= 0.6 is 11.6 Å². The lowest BCUT2D eigenvalue weighted by molar-refractivity contribution is -0.118. The number of allylic oxidation sites excluding steroid dienone is 2. The fraction of sp³-hybridized carbons (Fsp3) is 0.172. The maximum atomic E-state index is 14.0. The molecule has 2 aromatic heterocycles. The molecule has 0 saturated carbocycles. The van der Waals surface area contributed by atoms with Gasteiger partial charge >= 0.3 is 0 Å². The first-order chi connectivity index (χ1) is 17.9. The van der Waals surface area contributed by atoms with E-state index in [0.717, 1.165) is 22.8 Å². The van der Waals surface area contributed by atoms with E-state index >= 15 is 0 Å². The zero-order chi connectivity index (χ0) is 25.9. The van der Waals surface area contributed by atoms with E-state index in [1.54, 1.807) is 30.6 Å². The highest BCUT2D eigenvalue weighted by Gasteiger charge is 2.25. The van der Waals surface area contributed by atoms with Gasteiger partial charge in [0.25, 0.3) is 0 Å². The van der Waals surface area contributed by atoms with Crippen molar-refractivity contribution in [2.45, 2.75) is 31.6 Å². The Labute approximate surface area is 216 Å². The number of benzene rings is 2. The Balaban J connectivity index is 1.47. The normalized spacial score (nSPS) is 13.2. The SMILES string of the molecule is O=C(CC1=CCc2ccc(=O)[nH]c21)CC(Cc1cc(F)cc(F)c1)c1nccnc1-c1ccc(Cl)cc1. The van der Waals surface area contributed by atoms with Crippen LogP contribution in [0.4, 0.5) is 8.78 Å². The van der Waals surface area contributed by atoms with Gasteiger partial charge in [-0.2, -0.15) is 0 Å². The summed E-state index contributed by atoms with van der Waals surface area (Å²) in [4.78, 5) is 37.1. The molecule has 0 radical (unpaired) electrons. The number of aromatic amines is 1. The van der Waals surface area contributed by atoms with Crippen molar-refractivity contribution in [2.24, 2.45) is 0 Å². The molecular formula is C29H22ClF2N3O2. The minimum Gasteiger partial charge on any atom is -0.322 e. The third-order valence-electron chi connectivity index (χ3n) is 6.39. The molecule has 1 aliphatic rings. The molecule has 1 atom stereocenters. The van der Waals surface area contributed by atoms with Crippen LogP contribution in [0.1, 0.15) is 41.3 Å². The van der Waals surface area contributed by atoms with Crippen molar-refractivity contribution in [1.82, 2.24) is 15.0 Å². The second kappa shape index (κ2) is 10.6. The molecule has 1 N–H and O–H groups in total. The second-order valence-electron chi connectivity index (χ2n) is 9.05. The minimum absolute atomic E-state index is 0.0706. The number of hydrogen-bond acceptors (Lipinski definition) is 4. The molecule has 1 aliphatic carbocycles. The number of H-pyrrole nitrogens is 1. The van der Waals surface area contributed by atoms with Crippen molar-refractivity contribution in [1.29, 1.82) is 0 Å². The van der Waals surface area contributed by atoms with Gasteiger partial charge < -0.3 is 4.98 Å². The van der Waals surface area contributed by atoms with E-state index in [9.17, 15) is 18.4 Å². The summed E-state index contributed by atoms with van der Waals surface area (Å²) in [5.41, 5.74) is 4.50. The van der Waals surface area contributed by atoms with Gasteiger partial charge in [-0.05, 0) is 53.8 Å². The molecule has 37 heavy (non-hydrogen) atoms. The second-order valence-corrected chi connectivity index (χ2v) is 9.49. The van der Waals surface area contributed by atoms with Gasteiger partial charge in [0.15, 0.2) is 0 Å². The van der Waals surface area contributed by atoms with Crippen LogP contribution in [0.25, 0.3) is 16.8 Å². The van der Waals surface area contributed by atoms with Gasteiger partial charge in [0.2, 0.25) is 5.56 Å². The summed E-state index contributed by atoms with van der Waals surface area (Å²) >= 11 is 6.05. The highest BCUT2D eigenvalue weighted by molar-refractivity contribution is 6.30. The van der Waals surface area contributed by atoms with Gasteiger partial charge in [0, 0.05) is 59.6 Å². The van der Waals surface area contributed by atoms with Crippen LogP contribution in [0.15, 0.2) is 77.9 Å². The van der Waals surface area contributed by atoms with E-state index in [0.29, 0.717) is 34.1 Å². The molecule has 2 heterocycles. The molecule has 0 fully saturated rings. The predicted molar refractivity (Wildman–Crippen MR) is 138 cm³/mol. The summed E-state index contributed by atoms with van der Waals surface area (Å²) in [6.45, 7) is 0. The van der Waals surface area contributed by atoms with Crippen LogP contribution < -0.4 is 5.56 Å². The van der Waals surface area contributed by atoms with Crippen LogP contribution in [0.2, 0.25) is 5.02 Å². The van der Waals surface area contributed by atoms with Crippen molar-refractivity contribution >= 4 is 23.0 Å². The first-order valence-corrected chi connectivity index (χ1v) is 12.2. The number of pyridine rings is 1. The fourth-order valence-electron chi connectivity index (χ4n) is 4.77. The zero-order valence-corrected chi connectivity index (χ0v) is 20.4. The summed E-state index contributed by atoms with van der Waals surface area (Å²) in [6, 6.07) is 13.7. The Kier molecular flexibility index (Phi) is 7.06. The maximum absolute atomic E-state index is 14.0. The number of fused-ring (bicyclic) bond motifs is 1. The molecule has 0 amide bonds. The van der Waals surface area contributed by atoms with Gasteiger partial charge in [-0.15, -0.1) is 0 Å². The molecule has 4 aromatic rings. The van der Waals surface area contributed by atoms with E-state index in [2.05, 4.69) is 15.0 Å². The Bertz CT molecular complexity index is 1540. The van der Waals surface area contributed by atoms with Crippen molar-refractivity contribution in [3.63, 3.8) is 0 Å². The standard InChI is InChI=1S/C29H22ClF2N3O2/c30-22-6-3-19(4-7-22)28-29(34-10-9-33-28)21(11-17-12-23(31)16-24(32)13-17)15-25(36)14-20-2-1-18-5-8-26(37)35-27(18)20/h2-10,12-13,16,21H,1,11,14-15H2,(H,35,37). The van der Waals surface area contributed by atoms with E-state index in [1.807, 2.05) is 18.2 Å². The summed E-state index contributed by atoms with van der Waals surface area (Å²) in [5, 5.41) is 0.569. The number of Topliss-reactive ketones (excluding diaryl/α,β-unsaturated/α-hetero) is 1. The molecular weight excluding hydrogens is 496 g/mol. The first kappa shape index (κ1) is 24.7. The maximum Gasteiger partial charge on any atom is 0.248 e. The van der Waals surface area contributed by atoms with Crippen molar-refractivity contribution < 1.29 is 13.6 Å². The lowest BCUT2D eigenvalue weighted by Gasteiger charge is -2.19. The highest BCUT2D eigenvalue weighted by atomic mass is 35.5. The van der Waals surface area contributed by atoms with Gasteiger partial charge in [-0.1, -0.05) is 35.9 Å². The number of rotatable bonds is 8. The minimum atomic E-state index is -0.686. The van der Waals surface area contributed by atoms with Gasteiger partial charge in [0.1, 0.15) is 17.4 Å². The Hall–Kier alpha value is -3.97. The predicted octanol–water partition coefficient (Wildman–Crippen LogP) is 6.08. The molecule has 5 rings (SSSR count). The van der Waals surface area contributed by atoms with Crippen molar-refractivity contribution in [2.75, 3.05) is 0 Å². The first-order valence-electron chi connectivity index (χ1n) is 11.8. The summed E-state index contributed by atoms with van der Waals surface area (Å²) < 4.78 is 28.0. The van der Waals surface area contributed by atoms with Crippen molar-refractivity contribution in [3.05, 3.63) is 123 Å². The molecule has 0 saturated heterocycles. The lowest BCUT2D eigenvalue weighted by atomic mass is 9.87. The van der Waals surface area contributed by atoms with Crippen LogP contribution in [-0.2, 0) is 17.6 Å². The monoisotopic (exact) mass is 517 g/mol. The molecule has 0 aliphatic heterocycles. The van der Waals surface area contributed by atoms with Gasteiger partial charge in [-0.3, -0.25) is 19.6 Å². The third-order valence-corrected chi connectivity index (χ3v) is 6.64. The van der Waals surface area contributed by atoms with E-state index in [4.69, 9.17) is 11.6 Å². The van der Waals surface area contributed by atoms with E-state index in [1.165, 1.54) is 18.2 Å². The Morgan fingerprint density at radius 2 is 1.73 bits per heavy atom. The molecule has 5 nitrogen and oxygen atoms in total. The average molecular weight is 518 g/mol. The Morgan fingerprint density at radius 1 is 1.00 bits per heavy atom. The van der Waals surface area contributed by atoms with Crippen LogP contribution in [0.3, 0.4) is 0 Å². The average Bonchev–Trinajstić information content (AvgIpc) is 3.25. The third kappa shape index (κ3) is 5.73. The summed E-state index contributed by atoms with van der Waals surface area (Å²) in [6.07, 6.45) is 6.07. The fourth-order valence-corrected chi connectivity index (χ4v) is 4.90. The number of nitrogens with zero attached hydrogens (tertiary/aromatic N) is 2. The van der Waals surface area contributed by atoms with E-state index in [-0.39, 0.29) is 30.6 Å². The topological polar surface area (TPSA) is 75.7 Å².